The van der Waals surface area contributed by atoms with Gasteiger partial charge >= 0.3 is 0 Å². The molecule has 2 aromatic rings. The number of aryl methyl sites for hydroxylation is 1. The molecule has 1 N–H and O–H groups in total. The van der Waals surface area contributed by atoms with Crippen molar-refractivity contribution in [3.63, 3.8) is 0 Å². The van der Waals surface area contributed by atoms with Crippen molar-refractivity contribution in [3.05, 3.63) is 58.6 Å². The van der Waals surface area contributed by atoms with E-state index in [1.54, 1.807) is 29.2 Å². The quantitative estimate of drug-likeness (QED) is 0.737. The number of carbonyl (C=O) groups excluding carboxylic acids is 3. The van der Waals surface area contributed by atoms with Gasteiger partial charge in [0.1, 0.15) is 12.4 Å². The van der Waals surface area contributed by atoms with Crippen LogP contribution in [0.1, 0.15) is 25.0 Å². The number of nitrogens with one attached hydrogen (secondary N) is 1. The van der Waals surface area contributed by atoms with E-state index in [-0.39, 0.29) is 30.1 Å². The number of rotatable bonds is 4. The summed E-state index contributed by atoms with van der Waals surface area (Å²) in [6, 6.07) is 12.6. The van der Waals surface area contributed by atoms with Crippen LogP contribution in [-0.2, 0) is 19.3 Å². The summed E-state index contributed by atoms with van der Waals surface area (Å²) in [5, 5.41) is 8.82. The van der Waals surface area contributed by atoms with Gasteiger partial charge in [-0.2, -0.15) is 5.01 Å². The van der Waals surface area contributed by atoms with E-state index in [9.17, 15) is 14.4 Å². The third kappa shape index (κ3) is 3.82. The summed E-state index contributed by atoms with van der Waals surface area (Å²) < 4.78 is 5.78. The number of benzene rings is 2. The van der Waals surface area contributed by atoms with Crippen molar-refractivity contribution >= 4 is 51.9 Å². The number of halogens is 1. The number of hydrogen-bond donors (Lipinski definition) is 1. The molecule has 2 aromatic carbocycles. The van der Waals surface area contributed by atoms with Crippen molar-refractivity contribution in [2.45, 2.75) is 25.6 Å². The van der Waals surface area contributed by atoms with Gasteiger partial charge in [0.25, 0.3) is 5.91 Å². The van der Waals surface area contributed by atoms with Crippen molar-refractivity contribution in [2.75, 3.05) is 18.1 Å². The van der Waals surface area contributed by atoms with Crippen LogP contribution in [0.5, 0.6) is 5.75 Å². The maximum atomic E-state index is 13.8. The fourth-order valence-electron chi connectivity index (χ4n) is 3.73. The topological polar surface area (TPSA) is 91.3 Å². The van der Waals surface area contributed by atoms with Gasteiger partial charge in [-0.1, -0.05) is 29.3 Å². The van der Waals surface area contributed by atoms with Crippen molar-refractivity contribution in [2.24, 2.45) is 5.10 Å². The Morgan fingerprint density at radius 2 is 1.91 bits per heavy atom. The van der Waals surface area contributed by atoms with Crippen LogP contribution < -0.4 is 15.0 Å². The Hall–Kier alpha value is -3.04. The molecule has 1 unspecified atom stereocenters. The van der Waals surface area contributed by atoms with Gasteiger partial charge in [0.2, 0.25) is 16.7 Å². The lowest BCUT2D eigenvalue weighted by Crippen LogP contribution is -2.49. The standard InChI is InChI=1S/C22H21ClN4O4S/c1-13-4-9-19-18(12-13)22(27(15(3)29)25-21(32-22)24-14(2)28)20(30)26(19)10-11-31-17-7-5-16(23)6-8-17/h4-9,12H,10-11H2,1-3H3,(H,24,25,28). The molecule has 2 aliphatic heterocycles. The summed E-state index contributed by atoms with van der Waals surface area (Å²) in [6.07, 6.45) is 0. The predicted molar refractivity (Wildman–Crippen MR) is 124 cm³/mol. The molecule has 0 aromatic heterocycles. The average molecular weight is 473 g/mol. The number of thioether (sulfide) groups is 1. The van der Waals surface area contributed by atoms with E-state index in [2.05, 4.69) is 10.4 Å². The molecule has 32 heavy (non-hydrogen) atoms. The molecule has 10 heteroatoms. The number of hydrogen-bond acceptors (Lipinski definition) is 6. The van der Waals surface area contributed by atoms with Gasteiger partial charge in [0, 0.05) is 24.4 Å². The number of ether oxygens (including phenoxy) is 1. The second kappa shape index (κ2) is 8.48. The average Bonchev–Trinajstić information content (AvgIpc) is 3.21. The van der Waals surface area contributed by atoms with Crippen molar-refractivity contribution < 1.29 is 19.1 Å². The second-order valence-electron chi connectivity index (χ2n) is 7.44. The minimum absolute atomic E-state index is 0.202. The van der Waals surface area contributed by atoms with Gasteiger partial charge in [-0.05, 0) is 49.0 Å². The highest BCUT2D eigenvalue weighted by Gasteiger charge is 2.61. The zero-order valence-corrected chi connectivity index (χ0v) is 19.3. The smallest absolute Gasteiger partial charge is 0.270 e. The van der Waals surface area contributed by atoms with Gasteiger partial charge in [0.15, 0.2) is 5.17 Å². The number of fused-ring (bicyclic) bond motifs is 2. The third-order valence-electron chi connectivity index (χ3n) is 5.05. The molecule has 0 bridgehead atoms. The number of hydrazone groups is 1. The molecule has 0 radical (unpaired) electrons. The Labute approximate surface area is 194 Å². The molecular weight excluding hydrogens is 452 g/mol. The molecule has 2 heterocycles. The normalized spacial score (nSPS) is 19.2. The monoisotopic (exact) mass is 472 g/mol. The maximum Gasteiger partial charge on any atom is 0.270 e. The molecule has 1 atom stereocenters. The molecule has 166 valence electrons. The van der Waals surface area contributed by atoms with Gasteiger partial charge in [-0.15, -0.1) is 5.10 Å². The van der Waals surface area contributed by atoms with Crippen LogP contribution in [0.25, 0.3) is 0 Å². The summed E-state index contributed by atoms with van der Waals surface area (Å²) in [7, 11) is 0. The lowest BCUT2D eigenvalue weighted by molar-refractivity contribution is -0.139. The summed E-state index contributed by atoms with van der Waals surface area (Å²) in [5.74, 6) is -0.420. The fourth-order valence-corrected chi connectivity index (χ4v) is 5.18. The van der Waals surface area contributed by atoms with E-state index in [1.807, 2.05) is 25.1 Å². The van der Waals surface area contributed by atoms with Crippen LogP contribution in [0.15, 0.2) is 47.6 Å². The summed E-state index contributed by atoms with van der Waals surface area (Å²) in [5.41, 5.74) is 2.27. The van der Waals surface area contributed by atoms with E-state index >= 15 is 0 Å². The lowest BCUT2D eigenvalue weighted by Gasteiger charge is -2.29. The Morgan fingerprint density at radius 1 is 1.19 bits per heavy atom. The van der Waals surface area contributed by atoms with E-state index < -0.39 is 10.8 Å². The summed E-state index contributed by atoms with van der Waals surface area (Å²) in [4.78, 5) is 38.1. The van der Waals surface area contributed by atoms with E-state index in [4.69, 9.17) is 16.3 Å². The van der Waals surface area contributed by atoms with Crippen LogP contribution in [0.2, 0.25) is 5.02 Å². The third-order valence-corrected chi connectivity index (χ3v) is 6.55. The molecule has 3 amide bonds. The first kappa shape index (κ1) is 22.2. The number of carbonyl (C=O) groups is 3. The number of amidine groups is 1. The molecule has 0 aliphatic carbocycles. The highest BCUT2D eigenvalue weighted by Crippen LogP contribution is 2.54. The zero-order valence-electron chi connectivity index (χ0n) is 17.7. The van der Waals surface area contributed by atoms with Gasteiger partial charge in [-0.3, -0.25) is 14.4 Å². The Bertz CT molecular complexity index is 1140. The Kier molecular flexibility index (Phi) is 5.87. The zero-order chi connectivity index (χ0) is 23.0. The number of anilines is 1. The first-order chi connectivity index (χ1) is 15.2. The molecule has 2 aliphatic rings. The molecular formula is C22H21ClN4O4S. The van der Waals surface area contributed by atoms with Gasteiger partial charge < -0.3 is 15.0 Å². The van der Waals surface area contributed by atoms with E-state index in [0.29, 0.717) is 22.0 Å². The number of amides is 3. The second-order valence-corrected chi connectivity index (χ2v) is 9.06. The SMILES string of the molecule is CC(=O)NC1=NN(C(C)=O)C2(S1)C(=O)N(CCOc1ccc(Cl)cc1)c1ccc(C)cc12. The van der Waals surface area contributed by atoms with Crippen molar-refractivity contribution in [3.8, 4) is 5.75 Å². The van der Waals surface area contributed by atoms with Gasteiger partial charge in [0.05, 0.1) is 12.2 Å². The molecule has 0 saturated heterocycles. The fraction of sp³-hybridized carbons (Fsp3) is 0.273. The maximum absolute atomic E-state index is 13.8. The van der Waals surface area contributed by atoms with Crippen LogP contribution in [0.3, 0.4) is 0 Å². The van der Waals surface area contributed by atoms with Crippen molar-refractivity contribution in [1.29, 1.82) is 0 Å². The van der Waals surface area contributed by atoms with E-state index in [1.165, 1.54) is 13.8 Å². The lowest BCUT2D eigenvalue weighted by atomic mass is 10.0. The van der Waals surface area contributed by atoms with Gasteiger partial charge in [-0.25, -0.2) is 0 Å². The largest absolute Gasteiger partial charge is 0.492 e. The molecule has 0 fully saturated rings. The highest BCUT2D eigenvalue weighted by molar-refractivity contribution is 8.15. The molecule has 4 rings (SSSR count). The first-order valence-corrected chi connectivity index (χ1v) is 11.1. The Morgan fingerprint density at radius 3 is 2.56 bits per heavy atom. The minimum Gasteiger partial charge on any atom is -0.492 e. The van der Waals surface area contributed by atoms with E-state index in [0.717, 1.165) is 22.3 Å². The summed E-state index contributed by atoms with van der Waals surface area (Å²) >= 11 is 6.97. The van der Waals surface area contributed by atoms with Crippen LogP contribution in [0.4, 0.5) is 5.69 Å². The Balaban J connectivity index is 1.65. The molecule has 0 saturated carbocycles. The van der Waals surface area contributed by atoms with Crippen LogP contribution >= 0.6 is 23.4 Å². The highest BCUT2D eigenvalue weighted by atomic mass is 35.5. The van der Waals surface area contributed by atoms with Crippen LogP contribution in [0, 0.1) is 6.92 Å². The van der Waals surface area contributed by atoms with Crippen molar-refractivity contribution in [1.82, 2.24) is 10.3 Å². The minimum atomic E-state index is -1.41. The first-order valence-electron chi connectivity index (χ1n) is 9.90. The number of nitrogens with zero attached hydrogens (tertiary/aromatic N) is 3. The molecule has 1 spiro atoms. The molecule has 8 nitrogen and oxygen atoms in total. The van der Waals surface area contributed by atoms with Crippen LogP contribution in [-0.4, -0.2) is 41.0 Å². The summed E-state index contributed by atoms with van der Waals surface area (Å²) in [6.45, 7) is 5.11. The predicted octanol–water partition coefficient (Wildman–Crippen LogP) is 3.23.